The predicted molar refractivity (Wildman–Crippen MR) is 49.2 cm³/mol. The van der Waals surface area contributed by atoms with Gasteiger partial charge in [-0.25, -0.2) is 0 Å². The minimum Gasteiger partial charge on any atom is -0.366 e. The fourth-order valence-corrected chi connectivity index (χ4v) is 1.17. The highest BCUT2D eigenvalue weighted by molar-refractivity contribution is 5.93. The SMILES string of the molecule is Cc1cc(CN=O)cc(C(N)=O)c1. The number of carbonyl (C=O) groups is 1. The lowest BCUT2D eigenvalue weighted by atomic mass is 10.1. The summed E-state index contributed by atoms with van der Waals surface area (Å²) in [6.45, 7) is 1.91. The fourth-order valence-electron chi connectivity index (χ4n) is 1.17. The Morgan fingerprint density at radius 2 is 2.15 bits per heavy atom. The van der Waals surface area contributed by atoms with Crippen LogP contribution in [-0.2, 0) is 6.54 Å². The van der Waals surface area contributed by atoms with Crippen LogP contribution in [0.5, 0.6) is 0 Å². The van der Waals surface area contributed by atoms with Crippen LogP contribution in [0.4, 0.5) is 0 Å². The molecule has 13 heavy (non-hydrogen) atoms. The first-order valence-corrected chi connectivity index (χ1v) is 3.83. The standard InChI is InChI=1S/C9H10N2O2/c1-6-2-7(5-11-13)4-8(3-6)9(10)12/h2-4H,5H2,1H3,(H2,10,12). The zero-order valence-electron chi connectivity index (χ0n) is 7.28. The summed E-state index contributed by atoms with van der Waals surface area (Å²) < 4.78 is 0. The molecule has 0 spiro atoms. The van der Waals surface area contributed by atoms with Gasteiger partial charge in [-0.05, 0) is 30.2 Å². The summed E-state index contributed by atoms with van der Waals surface area (Å²) in [5.74, 6) is -0.490. The lowest BCUT2D eigenvalue weighted by molar-refractivity contribution is 0.1000. The Hall–Kier alpha value is -1.71. The molecule has 0 saturated carbocycles. The number of aryl methyl sites for hydroxylation is 1. The third kappa shape index (κ3) is 2.37. The van der Waals surface area contributed by atoms with Gasteiger partial charge in [-0.15, -0.1) is 0 Å². The van der Waals surface area contributed by atoms with Crippen LogP contribution >= 0.6 is 0 Å². The van der Waals surface area contributed by atoms with Crippen molar-refractivity contribution in [2.75, 3.05) is 0 Å². The van der Waals surface area contributed by atoms with E-state index in [0.29, 0.717) is 11.1 Å². The number of amides is 1. The molecule has 0 fully saturated rings. The number of hydrogen-bond donors (Lipinski definition) is 1. The molecule has 0 radical (unpaired) electrons. The van der Waals surface area contributed by atoms with E-state index in [1.165, 1.54) is 0 Å². The maximum absolute atomic E-state index is 10.8. The maximum Gasteiger partial charge on any atom is 0.248 e. The molecule has 0 atom stereocenters. The van der Waals surface area contributed by atoms with Crippen molar-refractivity contribution in [1.82, 2.24) is 0 Å². The fraction of sp³-hybridized carbons (Fsp3) is 0.222. The maximum atomic E-state index is 10.8. The lowest BCUT2D eigenvalue weighted by Gasteiger charge is -2.01. The van der Waals surface area contributed by atoms with Crippen LogP contribution in [-0.4, -0.2) is 5.91 Å². The molecule has 2 N–H and O–H groups in total. The average Bonchev–Trinajstić information content (AvgIpc) is 2.03. The molecule has 4 heteroatoms. The van der Waals surface area contributed by atoms with E-state index in [0.717, 1.165) is 5.56 Å². The topological polar surface area (TPSA) is 72.5 Å². The monoisotopic (exact) mass is 178 g/mol. The number of nitroso groups, excluding NO2 is 1. The number of benzene rings is 1. The molecule has 4 nitrogen and oxygen atoms in total. The van der Waals surface area contributed by atoms with E-state index in [9.17, 15) is 9.70 Å². The number of carbonyl (C=O) groups excluding carboxylic acids is 1. The van der Waals surface area contributed by atoms with E-state index in [2.05, 4.69) is 5.18 Å². The zero-order valence-corrected chi connectivity index (χ0v) is 7.28. The number of rotatable bonds is 3. The summed E-state index contributed by atoms with van der Waals surface area (Å²) in [5.41, 5.74) is 7.13. The van der Waals surface area contributed by atoms with Gasteiger partial charge in [0.05, 0.1) is 0 Å². The van der Waals surface area contributed by atoms with E-state index in [1.807, 2.05) is 6.92 Å². The molecule has 0 aliphatic carbocycles. The largest absolute Gasteiger partial charge is 0.366 e. The summed E-state index contributed by atoms with van der Waals surface area (Å²) in [5, 5.41) is 2.75. The van der Waals surface area contributed by atoms with Gasteiger partial charge in [-0.2, -0.15) is 4.91 Å². The van der Waals surface area contributed by atoms with Crippen molar-refractivity contribution < 1.29 is 4.79 Å². The third-order valence-corrected chi connectivity index (χ3v) is 1.67. The lowest BCUT2D eigenvalue weighted by Crippen LogP contribution is -2.11. The Labute approximate surface area is 75.7 Å². The molecule has 1 rings (SSSR count). The molecule has 1 aromatic carbocycles. The molecule has 0 heterocycles. The van der Waals surface area contributed by atoms with Gasteiger partial charge in [-0.3, -0.25) is 4.79 Å². The highest BCUT2D eigenvalue weighted by Gasteiger charge is 2.03. The average molecular weight is 178 g/mol. The highest BCUT2D eigenvalue weighted by atomic mass is 16.3. The molecule has 0 saturated heterocycles. The van der Waals surface area contributed by atoms with E-state index in [1.54, 1.807) is 18.2 Å². The molecule has 0 bridgehead atoms. The molecule has 0 aliphatic rings. The van der Waals surface area contributed by atoms with Gasteiger partial charge in [0.2, 0.25) is 5.91 Å². The highest BCUT2D eigenvalue weighted by Crippen LogP contribution is 2.10. The second kappa shape index (κ2) is 3.80. The first-order chi connectivity index (χ1) is 6.13. The first-order valence-electron chi connectivity index (χ1n) is 3.83. The molecule has 0 aliphatic heterocycles. The van der Waals surface area contributed by atoms with Crippen molar-refractivity contribution in [2.45, 2.75) is 13.5 Å². The van der Waals surface area contributed by atoms with Crippen LogP contribution < -0.4 is 5.73 Å². The van der Waals surface area contributed by atoms with Gasteiger partial charge < -0.3 is 5.73 Å². The number of nitrogens with two attached hydrogens (primary N) is 1. The summed E-state index contributed by atoms with van der Waals surface area (Å²) in [6, 6.07) is 5.06. The van der Waals surface area contributed by atoms with Gasteiger partial charge in [0.25, 0.3) is 0 Å². The molecular formula is C9H10N2O2. The third-order valence-electron chi connectivity index (χ3n) is 1.67. The van der Waals surface area contributed by atoms with Crippen LogP contribution in [0.15, 0.2) is 23.4 Å². The van der Waals surface area contributed by atoms with Gasteiger partial charge in [-0.1, -0.05) is 11.2 Å². The summed E-state index contributed by atoms with van der Waals surface area (Å²) in [4.78, 5) is 20.8. The van der Waals surface area contributed by atoms with Crippen molar-refractivity contribution in [3.63, 3.8) is 0 Å². The minimum atomic E-state index is -0.490. The molecule has 1 amide bonds. The van der Waals surface area contributed by atoms with Crippen LogP contribution in [0.25, 0.3) is 0 Å². The van der Waals surface area contributed by atoms with Gasteiger partial charge in [0.15, 0.2) is 0 Å². The molecule has 0 unspecified atom stereocenters. The Kier molecular flexibility index (Phi) is 2.74. The minimum absolute atomic E-state index is 0.0714. The molecule has 0 aromatic heterocycles. The van der Waals surface area contributed by atoms with Crippen molar-refractivity contribution in [3.8, 4) is 0 Å². The molecular weight excluding hydrogens is 168 g/mol. The second-order valence-electron chi connectivity index (χ2n) is 2.86. The quantitative estimate of drug-likeness (QED) is 0.709. The summed E-state index contributed by atoms with van der Waals surface area (Å²) >= 11 is 0. The van der Waals surface area contributed by atoms with Crippen LogP contribution in [0.1, 0.15) is 21.5 Å². The molecule has 1 aromatic rings. The van der Waals surface area contributed by atoms with E-state index >= 15 is 0 Å². The van der Waals surface area contributed by atoms with Crippen LogP contribution in [0, 0.1) is 11.8 Å². The van der Waals surface area contributed by atoms with Crippen molar-refractivity contribution in [2.24, 2.45) is 10.9 Å². The zero-order chi connectivity index (χ0) is 9.84. The van der Waals surface area contributed by atoms with Crippen molar-refractivity contribution in [1.29, 1.82) is 0 Å². The number of hydrogen-bond acceptors (Lipinski definition) is 3. The predicted octanol–water partition coefficient (Wildman–Crippen LogP) is 1.36. The van der Waals surface area contributed by atoms with Crippen molar-refractivity contribution in [3.05, 3.63) is 39.8 Å². The smallest absolute Gasteiger partial charge is 0.248 e. The first kappa shape index (κ1) is 9.38. The number of nitrogens with zero attached hydrogens (tertiary/aromatic N) is 1. The second-order valence-corrected chi connectivity index (χ2v) is 2.86. The summed E-state index contributed by atoms with van der Waals surface area (Å²) in [6.07, 6.45) is 0. The Bertz CT molecular complexity index is 347. The summed E-state index contributed by atoms with van der Waals surface area (Å²) in [7, 11) is 0. The van der Waals surface area contributed by atoms with Gasteiger partial charge in [0, 0.05) is 5.56 Å². The van der Waals surface area contributed by atoms with Gasteiger partial charge in [0.1, 0.15) is 6.54 Å². The Morgan fingerprint density at radius 3 is 2.69 bits per heavy atom. The van der Waals surface area contributed by atoms with Crippen molar-refractivity contribution >= 4 is 5.91 Å². The van der Waals surface area contributed by atoms with E-state index < -0.39 is 5.91 Å². The number of primary amides is 1. The van der Waals surface area contributed by atoms with E-state index in [-0.39, 0.29) is 6.54 Å². The van der Waals surface area contributed by atoms with Crippen LogP contribution in [0.2, 0.25) is 0 Å². The van der Waals surface area contributed by atoms with E-state index in [4.69, 9.17) is 5.73 Å². The van der Waals surface area contributed by atoms with Gasteiger partial charge >= 0.3 is 0 Å². The normalized spacial score (nSPS) is 9.62. The van der Waals surface area contributed by atoms with Crippen LogP contribution in [0.3, 0.4) is 0 Å². The Morgan fingerprint density at radius 1 is 1.46 bits per heavy atom. The Balaban J connectivity index is 3.10. The molecule has 68 valence electrons.